The smallest absolute Gasteiger partial charge is 0.0677 e. The van der Waals surface area contributed by atoms with Crippen molar-refractivity contribution in [3.63, 3.8) is 0 Å². The minimum Gasteiger partial charge on any atom is -0.122 e. The summed E-state index contributed by atoms with van der Waals surface area (Å²) < 4.78 is 0. The zero-order chi connectivity index (χ0) is 12.6. The third-order valence-corrected chi connectivity index (χ3v) is 5.05. The monoisotopic (exact) mass is 306 g/mol. The number of unbranched alkanes of at least 4 members (excludes halogenated alkanes) is 4. The first kappa shape index (κ1) is 17.2. The van der Waals surface area contributed by atoms with E-state index in [0.29, 0.717) is 0 Å². The van der Waals surface area contributed by atoms with Gasteiger partial charge in [0.05, 0.1) is 16.1 Å². The van der Waals surface area contributed by atoms with Gasteiger partial charge in [0.2, 0.25) is 0 Å². The summed E-state index contributed by atoms with van der Waals surface area (Å²) in [5.74, 6) is 0. The van der Waals surface area contributed by atoms with Crippen molar-refractivity contribution in [3.05, 3.63) is 0 Å². The molecule has 98 valence electrons. The molecule has 0 radical (unpaired) electrons. The average molecular weight is 308 g/mol. The van der Waals surface area contributed by atoms with Gasteiger partial charge in [0.15, 0.2) is 0 Å². The molecule has 4 unspecified atom stereocenters. The van der Waals surface area contributed by atoms with Gasteiger partial charge in [-0.2, -0.15) is 0 Å². The lowest BCUT2D eigenvalue weighted by molar-refractivity contribution is 0.574. The zero-order valence-electron chi connectivity index (χ0n) is 10.1. The van der Waals surface area contributed by atoms with Gasteiger partial charge >= 0.3 is 0 Å². The van der Waals surface area contributed by atoms with Gasteiger partial charge in [0.25, 0.3) is 0 Å². The van der Waals surface area contributed by atoms with Gasteiger partial charge in [-0.25, -0.2) is 0 Å². The topological polar surface area (TPSA) is 0 Å². The van der Waals surface area contributed by atoms with E-state index in [1.807, 2.05) is 6.92 Å². The molecule has 0 amide bonds. The van der Waals surface area contributed by atoms with Crippen LogP contribution in [0.25, 0.3) is 0 Å². The molecular formula is C12H22Cl4. The molecule has 4 atom stereocenters. The van der Waals surface area contributed by atoms with Gasteiger partial charge in [-0.3, -0.25) is 0 Å². The highest BCUT2D eigenvalue weighted by molar-refractivity contribution is 6.37. The fraction of sp³-hybridized carbons (Fsp3) is 1.00. The Labute approximate surface area is 120 Å². The normalized spacial score (nSPS) is 19.1. The summed E-state index contributed by atoms with van der Waals surface area (Å²) >= 11 is 24.3. The number of hydrogen-bond acceptors (Lipinski definition) is 0. The van der Waals surface area contributed by atoms with Gasteiger partial charge < -0.3 is 0 Å². The van der Waals surface area contributed by atoms with Crippen molar-refractivity contribution in [2.45, 2.75) is 73.9 Å². The summed E-state index contributed by atoms with van der Waals surface area (Å²) in [5.41, 5.74) is 0. The fourth-order valence-corrected chi connectivity index (χ4v) is 2.69. The molecule has 0 saturated carbocycles. The Hall–Kier alpha value is 1.16. The van der Waals surface area contributed by atoms with Crippen molar-refractivity contribution in [2.75, 3.05) is 0 Å². The van der Waals surface area contributed by atoms with Crippen LogP contribution in [0.1, 0.15) is 52.4 Å². The molecule has 0 aliphatic heterocycles. The lowest BCUT2D eigenvalue weighted by atomic mass is 10.1. The molecule has 0 rings (SSSR count). The van der Waals surface area contributed by atoms with Crippen molar-refractivity contribution in [1.82, 2.24) is 0 Å². The van der Waals surface area contributed by atoms with Crippen molar-refractivity contribution in [1.29, 1.82) is 0 Å². The van der Waals surface area contributed by atoms with Crippen molar-refractivity contribution in [2.24, 2.45) is 0 Å². The Morgan fingerprint density at radius 2 is 1.38 bits per heavy atom. The van der Waals surface area contributed by atoms with E-state index in [0.717, 1.165) is 12.8 Å². The van der Waals surface area contributed by atoms with Crippen LogP contribution in [0.2, 0.25) is 0 Å². The van der Waals surface area contributed by atoms with E-state index in [1.54, 1.807) is 0 Å². The highest BCUT2D eigenvalue weighted by atomic mass is 35.5. The van der Waals surface area contributed by atoms with Gasteiger partial charge in [0, 0.05) is 5.38 Å². The predicted molar refractivity (Wildman–Crippen MR) is 77.6 cm³/mol. The highest BCUT2D eigenvalue weighted by Crippen LogP contribution is 2.27. The van der Waals surface area contributed by atoms with Crippen molar-refractivity contribution < 1.29 is 0 Å². The Kier molecular flexibility index (Phi) is 10.9. The van der Waals surface area contributed by atoms with Gasteiger partial charge in [-0.15, -0.1) is 46.4 Å². The number of rotatable bonds is 9. The van der Waals surface area contributed by atoms with E-state index in [4.69, 9.17) is 46.4 Å². The van der Waals surface area contributed by atoms with Gasteiger partial charge in [-0.05, 0) is 13.3 Å². The fourth-order valence-electron chi connectivity index (χ4n) is 1.55. The second-order valence-corrected chi connectivity index (χ2v) is 6.54. The third kappa shape index (κ3) is 7.48. The molecular weight excluding hydrogens is 286 g/mol. The SMILES string of the molecule is CCCCCCCC(Cl)C(Cl)C(Cl)C(C)Cl. The summed E-state index contributed by atoms with van der Waals surface area (Å²) in [6, 6.07) is 0. The quantitative estimate of drug-likeness (QED) is 0.373. The minimum absolute atomic E-state index is 0.0769. The van der Waals surface area contributed by atoms with E-state index in [-0.39, 0.29) is 21.5 Å². The van der Waals surface area contributed by atoms with E-state index in [2.05, 4.69) is 6.92 Å². The maximum absolute atomic E-state index is 6.21. The van der Waals surface area contributed by atoms with Crippen molar-refractivity contribution >= 4 is 46.4 Å². The van der Waals surface area contributed by atoms with Gasteiger partial charge in [0.1, 0.15) is 0 Å². The van der Waals surface area contributed by atoms with E-state index in [1.165, 1.54) is 25.7 Å². The molecule has 0 N–H and O–H groups in total. The largest absolute Gasteiger partial charge is 0.122 e. The summed E-state index contributed by atoms with van der Waals surface area (Å²) in [5, 5.41) is -0.735. The van der Waals surface area contributed by atoms with Crippen LogP contribution in [0.4, 0.5) is 0 Å². The molecule has 0 aliphatic carbocycles. The maximum Gasteiger partial charge on any atom is 0.0677 e. The predicted octanol–water partition coefficient (Wildman–Crippen LogP) is 5.80. The summed E-state index contributed by atoms with van der Waals surface area (Å²) in [6.07, 6.45) is 7.11. The van der Waals surface area contributed by atoms with Crippen LogP contribution in [0, 0.1) is 0 Å². The molecule has 0 spiro atoms. The van der Waals surface area contributed by atoms with E-state index in [9.17, 15) is 0 Å². The van der Waals surface area contributed by atoms with Crippen LogP contribution in [-0.2, 0) is 0 Å². The second-order valence-electron chi connectivity index (χ2n) is 4.29. The zero-order valence-corrected chi connectivity index (χ0v) is 13.1. The Morgan fingerprint density at radius 3 is 1.88 bits per heavy atom. The van der Waals surface area contributed by atoms with E-state index < -0.39 is 0 Å². The van der Waals surface area contributed by atoms with Crippen molar-refractivity contribution in [3.8, 4) is 0 Å². The van der Waals surface area contributed by atoms with Crippen LogP contribution >= 0.6 is 46.4 Å². The van der Waals surface area contributed by atoms with Crippen LogP contribution in [0.5, 0.6) is 0 Å². The molecule has 16 heavy (non-hydrogen) atoms. The number of hydrogen-bond donors (Lipinski definition) is 0. The first-order valence-corrected chi connectivity index (χ1v) is 7.81. The molecule has 0 fully saturated rings. The standard InChI is InChI=1S/C12H22Cl4/c1-3-4-5-6-7-8-10(14)12(16)11(15)9(2)13/h9-12H,3-8H2,1-2H3. The molecule has 0 bridgehead atoms. The molecule has 0 heterocycles. The molecule has 0 aromatic carbocycles. The molecule has 0 saturated heterocycles. The molecule has 0 aliphatic rings. The van der Waals surface area contributed by atoms with Crippen LogP contribution in [0.3, 0.4) is 0 Å². The van der Waals surface area contributed by atoms with Crippen LogP contribution < -0.4 is 0 Å². The lowest BCUT2D eigenvalue weighted by Crippen LogP contribution is -2.31. The Bertz CT molecular complexity index is 161. The highest BCUT2D eigenvalue weighted by Gasteiger charge is 2.27. The summed E-state index contributed by atoms with van der Waals surface area (Å²) in [4.78, 5) is 0. The first-order chi connectivity index (χ1) is 7.50. The minimum atomic E-state index is -0.263. The van der Waals surface area contributed by atoms with E-state index >= 15 is 0 Å². The number of halogens is 4. The lowest BCUT2D eigenvalue weighted by Gasteiger charge is -2.22. The molecule has 0 aromatic heterocycles. The molecule has 0 aromatic rings. The van der Waals surface area contributed by atoms with Crippen LogP contribution in [0.15, 0.2) is 0 Å². The Morgan fingerprint density at radius 1 is 0.812 bits per heavy atom. The number of alkyl halides is 4. The van der Waals surface area contributed by atoms with Crippen LogP contribution in [-0.4, -0.2) is 21.5 Å². The Balaban J connectivity index is 3.66. The molecule has 4 heteroatoms. The van der Waals surface area contributed by atoms with Gasteiger partial charge in [-0.1, -0.05) is 39.0 Å². The average Bonchev–Trinajstić information content (AvgIpc) is 2.26. The summed E-state index contributed by atoms with van der Waals surface area (Å²) in [6.45, 7) is 4.05. The second kappa shape index (κ2) is 10.1. The summed E-state index contributed by atoms with van der Waals surface area (Å²) in [7, 11) is 0. The molecule has 0 nitrogen and oxygen atoms in total. The maximum atomic E-state index is 6.21. The third-order valence-electron chi connectivity index (χ3n) is 2.67. The first-order valence-electron chi connectivity index (χ1n) is 6.07.